The Labute approximate surface area is 271 Å². The van der Waals surface area contributed by atoms with Crippen LogP contribution in [0.5, 0.6) is 5.75 Å². The van der Waals surface area contributed by atoms with Crippen LogP contribution < -0.4 is 25.2 Å². The van der Waals surface area contributed by atoms with Gasteiger partial charge in [0.25, 0.3) is 5.91 Å². The lowest BCUT2D eigenvalue weighted by molar-refractivity contribution is -0.139. The number of para-hydroxylation sites is 3. The molecule has 3 aromatic carbocycles. The fourth-order valence-corrected chi connectivity index (χ4v) is 5.65. The summed E-state index contributed by atoms with van der Waals surface area (Å²) < 4.78 is 10.7. The van der Waals surface area contributed by atoms with Crippen LogP contribution in [0.15, 0.2) is 78.9 Å². The monoisotopic (exact) mass is 628 g/mol. The molecule has 1 aliphatic carbocycles. The minimum atomic E-state index is -0.551. The number of esters is 1. The Morgan fingerprint density at radius 2 is 1.61 bits per heavy atom. The first kappa shape index (κ1) is 34.0. The molecule has 1 fully saturated rings. The highest BCUT2D eigenvalue weighted by Gasteiger charge is 2.22. The predicted molar refractivity (Wildman–Crippen MR) is 179 cm³/mol. The molecule has 0 saturated heterocycles. The van der Waals surface area contributed by atoms with Crippen LogP contribution in [0.25, 0.3) is 0 Å². The minimum Gasteiger partial charge on any atom is -0.482 e. The Bertz CT molecular complexity index is 1460. The standard InChI is InChI=1S/C36H44N4O6/c1-39(30-18-7-4-8-19-30)34(42)26-46-32-21-10-9-20-31(32)40(22-12-16-27-13-5-3-6-14-27)33(41)25-37-36(44)38-29-17-11-15-28(23-29)24-35(43)45-2/h4,7-11,15,17-21,23,27H,3,5-6,12-14,16,22,24-26H2,1-2H3,(H2,37,38,44). The molecule has 10 nitrogen and oxygen atoms in total. The van der Waals surface area contributed by atoms with E-state index in [0.29, 0.717) is 35.2 Å². The molecule has 2 N–H and O–H groups in total. The summed E-state index contributed by atoms with van der Waals surface area (Å²) in [5.74, 6) is 0.150. The minimum absolute atomic E-state index is 0.0809. The summed E-state index contributed by atoms with van der Waals surface area (Å²) in [7, 11) is 3.02. The molecular weight excluding hydrogens is 584 g/mol. The zero-order valence-corrected chi connectivity index (χ0v) is 26.7. The third kappa shape index (κ3) is 10.4. The van der Waals surface area contributed by atoms with Gasteiger partial charge in [-0.3, -0.25) is 14.4 Å². The van der Waals surface area contributed by atoms with Crippen LogP contribution in [0.3, 0.4) is 0 Å². The number of likely N-dealkylation sites (N-methyl/N-ethyl adjacent to an activating group) is 1. The lowest BCUT2D eigenvalue weighted by Gasteiger charge is -2.27. The Hall–Kier alpha value is -4.86. The van der Waals surface area contributed by atoms with E-state index in [0.717, 1.165) is 18.5 Å². The molecule has 0 spiro atoms. The number of carbonyl (C=O) groups excluding carboxylic acids is 4. The zero-order chi connectivity index (χ0) is 32.7. The van der Waals surface area contributed by atoms with Gasteiger partial charge in [-0.1, -0.05) is 74.6 Å². The smallest absolute Gasteiger partial charge is 0.319 e. The van der Waals surface area contributed by atoms with Gasteiger partial charge in [0.2, 0.25) is 5.91 Å². The van der Waals surface area contributed by atoms with Gasteiger partial charge in [-0.15, -0.1) is 0 Å². The second-order valence-electron chi connectivity index (χ2n) is 11.5. The molecule has 10 heteroatoms. The van der Waals surface area contributed by atoms with Crippen molar-refractivity contribution in [1.29, 1.82) is 0 Å². The maximum absolute atomic E-state index is 13.7. The topological polar surface area (TPSA) is 117 Å². The van der Waals surface area contributed by atoms with Crippen LogP contribution in [0.4, 0.5) is 21.9 Å². The Morgan fingerprint density at radius 1 is 0.870 bits per heavy atom. The Balaban J connectivity index is 1.42. The number of urea groups is 1. The highest BCUT2D eigenvalue weighted by Crippen LogP contribution is 2.31. The molecule has 0 atom stereocenters. The van der Waals surface area contributed by atoms with Gasteiger partial charge < -0.3 is 29.9 Å². The fraction of sp³-hybridized carbons (Fsp3) is 0.389. The molecular formula is C36H44N4O6. The average Bonchev–Trinajstić information content (AvgIpc) is 3.09. The first-order valence-electron chi connectivity index (χ1n) is 15.9. The van der Waals surface area contributed by atoms with E-state index in [1.165, 1.54) is 44.1 Å². The predicted octanol–water partition coefficient (Wildman–Crippen LogP) is 5.96. The van der Waals surface area contributed by atoms with Gasteiger partial charge >= 0.3 is 12.0 Å². The lowest BCUT2D eigenvalue weighted by atomic mass is 9.86. The number of hydrogen-bond acceptors (Lipinski definition) is 6. The van der Waals surface area contributed by atoms with Crippen molar-refractivity contribution in [2.24, 2.45) is 5.92 Å². The SMILES string of the molecule is COC(=O)Cc1cccc(NC(=O)NCC(=O)N(CCCC2CCCCC2)c2ccccc2OCC(=O)N(C)c2ccccc2)c1. The summed E-state index contributed by atoms with van der Waals surface area (Å²) in [6, 6.07) is 22.8. The third-order valence-corrected chi connectivity index (χ3v) is 8.21. The Morgan fingerprint density at radius 3 is 2.37 bits per heavy atom. The number of amides is 4. The summed E-state index contributed by atoms with van der Waals surface area (Å²) in [5.41, 5.74) is 2.47. The van der Waals surface area contributed by atoms with Gasteiger partial charge in [-0.2, -0.15) is 0 Å². The number of ether oxygens (including phenoxy) is 2. The summed E-state index contributed by atoms with van der Waals surface area (Å²) in [4.78, 5) is 54.2. The molecule has 46 heavy (non-hydrogen) atoms. The molecule has 0 aromatic heterocycles. The molecule has 0 heterocycles. The molecule has 1 saturated carbocycles. The average molecular weight is 629 g/mol. The largest absolute Gasteiger partial charge is 0.482 e. The summed E-state index contributed by atoms with van der Waals surface area (Å²) in [5, 5.41) is 5.38. The van der Waals surface area contributed by atoms with Gasteiger partial charge in [0.15, 0.2) is 6.61 Å². The van der Waals surface area contributed by atoms with Crippen molar-refractivity contribution in [2.75, 3.05) is 49.0 Å². The van der Waals surface area contributed by atoms with E-state index < -0.39 is 6.03 Å². The molecule has 4 amide bonds. The van der Waals surface area contributed by atoms with E-state index in [-0.39, 0.29) is 37.4 Å². The van der Waals surface area contributed by atoms with E-state index in [1.54, 1.807) is 54.4 Å². The number of methoxy groups -OCH3 is 1. The second-order valence-corrected chi connectivity index (χ2v) is 11.5. The van der Waals surface area contributed by atoms with E-state index in [2.05, 4.69) is 10.6 Å². The summed E-state index contributed by atoms with van der Waals surface area (Å²) >= 11 is 0. The molecule has 244 valence electrons. The Kier molecular flexibility index (Phi) is 13.0. The molecule has 4 rings (SSSR count). The molecule has 0 bridgehead atoms. The van der Waals surface area contributed by atoms with Crippen molar-refractivity contribution in [3.05, 3.63) is 84.4 Å². The van der Waals surface area contributed by atoms with Crippen LogP contribution >= 0.6 is 0 Å². The van der Waals surface area contributed by atoms with Crippen LogP contribution in [0.2, 0.25) is 0 Å². The number of nitrogens with zero attached hydrogens (tertiary/aromatic N) is 2. The number of anilines is 3. The van der Waals surface area contributed by atoms with Crippen molar-refractivity contribution >= 4 is 40.9 Å². The van der Waals surface area contributed by atoms with Gasteiger partial charge in [-0.25, -0.2) is 4.79 Å². The fourth-order valence-electron chi connectivity index (χ4n) is 5.65. The van der Waals surface area contributed by atoms with Crippen molar-refractivity contribution in [3.63, 3.8) is 0 Å². The first-order valence-corrected chi connectivity index (χ1v) is 15.9. The van der Waals surface area contributed by atoms with E-state index >= 15 is 0 Å². The van der Waals surface area contributed by atoms with E-state index in [9.17, 15) is 19.2 Å². The zero-order valence-electron chi connectivity index (χ0n) is 26.7. The van der Waals surface area contributed by atoms with Crippen LogP contribution in [-0.4, -0.2) is 57.7 Å². The normalized spacial score (nSPS) is 12.9. The molecule has 0 aliphatic heterocycles. The number of nitrogens with one attached hydrogen (secondary N) is 2. The first-order chi connectivity index (χ1) is 22.3. The number of hydrogen-bond donors (Lipinski definition) is 2. The van der Waals surface area contributed by atoms with Crippen molar-refractivity contribution in [1.82, 2.24) is 5.32 Å². The quantitative estimate of drug-likeness (QED) is 0.213. The van der Waals surface area contributed by atoms with Crippen molar-refractivity contribution < 1.29 is 28.7 Å². The third-order valence-electron chi connectivity index (χ3n) is 8.21. The van der Waals surface area contributed by atoms with Crippen LogP contribution in [0, 0.1) is 5.92 Å². The molecule has 0 radical (unpaired) electrons. The van der Waals surface area contributed by atoms with Gasteiger partial charge in [0, 0.05) is 25.0 Å². The summed E-state index contributed by atoms with van der Waals surface area (Å²) in [6.45, 7) is -0.00419. The molecule has 3 aromatic rings. The van der Waals surface area contributed by atoms with Crippen LogP contribution in [0.1, 0.15) is 50.5 Å². The highest BCUT2D eigenvalue weighted by atomic mass is 16.5. The van der Waals surface area contributed by atoms with Gasteiger partial charge in [0.05, 0.1) is 25.8 Å². The highest BCUT2D eigenvalue weighted by molar-refractivity contribution is 5.99. The number of benzene rings is 3. The van der Waals surface area contributed by atoms with E-state index in [1.807, 2.05) is 36.4 Å². The van der Waals surface area contributed by atoms with Gasteiger partial charge in [0.1, 0.15) is 5.75 Å². The maximum Gasteiger partial charge on any atom is 0.319 e. The number of carbonyl (C=O) groups is 4. The number of rotatable bonds is 14. The maximum atomic E-state index is 13.7. The second kappa shape index (κ2) is 17.6. The summed E-state index contributed by atoms with van der Waals surface area (Å²) in [6.07, 6.45) is 8.12. The van der Waals surface area contributed by atoms with Crippen LogP contribution in [-0.2, 0) is 25.5 Å². The van der Waals surface area contributed by atoms with E-state index in [4.69, 9.17) is 9.47 Å². The van der Waals surface area contributed by atoms with Crippen molar-refractivity contribution in [2.45, 2.75) is 51.4 Å². The van der Waals surface area contributed by atoms with Crippen molar-refractivity contribution in [3.8, 4) is 5.75 Å². The van der Waals surface area contributed by atoms with Gasteiger partial charge in [-0.05, 0) is 60.7 Å². The lowest BCUT2D eigenvalue weighted by Crippen LogP contribution is -2.42. The molecule has 1 aliphatic rings. The molecule has 0 unspecified atom stereocenters.